The van der Waals surface area contributed by atoms with Gasteiger partial charge in [0.05, 0.1) is 11.5 Å². The maximum atomic E-state index is 13.2. The first-order valence-electron chi connectivity index (χ1n) is 10.4. The molecule has 2 aromatic rings. The van der Waals surface area contributed by atoms with E-state index in [1.54, 1.807) is 5.06 Å². The van der Waals surface area contributed by atoms with Gasteiger partial charge in [-0.25, -0.2) is 4.79 Å². The summed E-state index contributed by atoms with van der Waals surface area (Å²) in [5.41, 5.74) is 6.92. The minimum absolute atomic E-state index is 0.0937. The number of fused-ring (bicyclic) bond motifs is 3. The fraction of sp³-hybridized carbons (Fsp3) is 0.571. The molecule has 4 aliphatic rings. The van der Waals surface area contributed by atoms with E-state index in [0.717, 1.165) is 37.7 Å². The molecule has 1 spiro atoms. The molecule has 2 bridgehead atoms. The summed E-state index contributed by atoms with van der Waals surface area (Å²) >= 11 is 0. The van der Waals surface area contributed by atoms with Gasteiger partial charge in [0.15, 0.2) is 0 Å². The van der Waals surface area contributed by atoms with E-state index in [4.69, 9.17) is 15.0 Å². The SMILES string of the molecule is NCC1(c2nnc([C@@H]3CC4(CC4)[C@H]4CN3C(=O)N4OCc3ccccc3)o2)CC1. The highest BCUT2D eigenvalue weighted by Crippen LogP contribution is 2.62. The first kappa shape index (κ1) is 17.4. The Kier molecular flexibility index (Phi) is 3.62. The molecule has 0 unspecified atom stereocenters. The van der Waals surface area contributed by atoms with Gasteiger partial charge in [-0.1, -0.05) is 30.3 Å². The third-order valence-electron chi connectivity index (χ3n) is 7.30. The molecule has 4 fully saturated rings. The molecule has 1 aromatic heterocycles. The van der Waals surface area contributed by atoms with Gasteiger partial charge in [-0.2, -0.15) is 5.06 Å². The van der Waals surface area contributed by atoms with Crippen LogP contribution in [0.2, 0.25) is 0 Å². The predicted octanol–water partition coefficient (Wildman–Crippen LogP) is 2.52. The third-order valence-corrected chi connectivity index (χ3v) is 7.30. The van der Waals surface area contributed by atoms with Crippen molar-refractivity contribution >= 4 is 6.03 Å². The summed E-state index contributed by atoms with van der Waals surface area (Å²) in [6.45, 7) is 1.56. The molecule has 6 rings (SSSR count). The number of piperidine rings is 1. The minimum atomic E-state index is -0.179. The maximum Gasteiger partial charge on any atom is 0.345 e. The van der Waals surface area contributed by atoms with Crippen molar-refractivity contribution in [1.82, 2.24) is 20.2 Å². The molecular weight excluding hydrogens is 370 g/mol. The number of rotatable bonds is 6. The Balaban J connectivity index is 1.25. The highest BCUT2D eigenvalue weighted by atomic mass is 16.7. The molecule has 1 aromatic carbocycles. The zero-order valence-corrected chi connectivity index (χ0v) is 16.3. The molecule has 2 saturated carbocycles. The third kappa shape index (κ3) is 2.62. The van der Waals surface area contributed by atoms with E-state index < -0.39 is 0 Å². The molecule has 29 heavy (non-hydrogen) atoms. The number of aromatic nitrogens is 2. The average molecular weight is 395 g/mol. The number of amides is 2. The predicted molar refractivity (Wildman–Crippen MR) is 102 cm³/mol. The summed E-state index contributed by atoms with van der Waals surface area (Å²) in [6.07, 6.45) is 5.05. The molecule has 8 heteroatoms. The van der Waals surface area contributed by atoms with Gasteiger partial charge >= 0.3 is 6.03 Å². The van der Waals surface area contributed by atoms with Crippen molar-refractivity contribution < 1.29 is 14.0 Å². The Hall–Kier alpha value is -2.45. The lowest BCUT2D eigenvalue weighted by Crippen LogP contribution is -2.42. The van der Waals surface area contributed by atoms with Crippen LogP contribution in [0.4, 0.5) is 4.79 Å². The lowest BCUT2D eigenvalue weighted by Gasteiger charge is -2.35. The molecule has 3 heterocycles. The van der Waals surface area contributed by atoms with Crippen molar-refractivity contribution in [3.8, 4) is 0 Å². The van der Waals surface area contributed by atoms with E-state index in [9.17, 15) is 4.79 Å². The molecule has 8 nitrogen and oxygen atoms in total. The van der Waals surface area contributed by atoms with Crippen LogP contribution in [0.15, 0.2) is 34.7 Å². The standard InChI is InChI=1S/C21H25N5O3/c22-13-21(8-9-21)18-24-23-17(29-18)15-10-20(6-7-20)16-11-25(15)19(27)26(16)28-12-14-4-2-1-3-5-14/h1-5,15-16H,6-13,22H2/t15-,16+/m0/s1. The molecule has 152 valence electrons. The normalized spacial score (nSPS) is 28.2. The molecule has 0 radical (unpaired) electrons. The van der Waals surface area contributed by atoms with Crippen molar-refractivity contribution in [3.63, 3.8) is 0 Å². The Morgan fingerprint density at radius 3 is 2.66 bits per heavy atom. The summed E-state index contributed by atoms with van der Waals surface area (Å²) < 4.78 is 6.07. The largest absolute Gasteiger partial charge is 0.422 e. The average Bonchev–Trinajstić information content (AvgIpc) is 3.65. The fourth-order valence-corrected chi connectivity index (χ4v) is 4.95. The van der Waals surface area contributed by atoms with Crippen LogP contribution < -0.4 is 5.73 Å². The van der Waals surface area contributed by atoms with Crippen LogP contribution in [0.3, 0.4) is 0 Å². The molecule has 2 saturated heterocycles. The summed E-state index contributed by atoms with van der Waals surface area (Å²) in [5, 5.41) is 10.2. The number of carbonyl (C=O) groups is 1. The molecule has 2 N–H and O–H groups in total. The second-order valence-corrected chi connectivity index (χ2v) is 9.05. The summed E-state index contributed by atoms with van der Waals surface area (Å²) in [4.78, 5) is 21.1. The number of benzene rings is 1. The van der Waals surface area contributed by atoms with Crippen LogP contribution in [0.5, 0.6) is 0 Å². The number of nitrogens with two attached hydrogens (primary N) is 1. The number of urea groups is 1. The highest BCUT2D eigenvalue weighted by molar-refractivity contribution is 5.77. The van der Waals surface area contributed by atoms with Crippen molar-refractivity contribution in [2.45, 2.75) is 56.2 Å². The second kappa shape index (κ2) is 6.03. The van der Waals surface area contributed by atoms with Gasteiger partial charge in [0, 0.05) is 13.1 Å². The smallest absolute Gasteiger partial charge is 0.345 e. The highest BCUT2D eigenvalue weighted by Gasteiger charge is 2.64. The zero-order valence-electron chi connectivity index (χ0n) is 16.3. The lowest BCUT2D eigenvalue weighted by atomic mass is 9.85. The topological polar surface area (TPSA) is 97.7 Å². The van der Waals surface area contributed by atoms with E-state index in [0.29, 0.717) is 31.5 Å². The van der Waals surface area contributed by atoms with Crippen LogP contribution in [-0.2, 0) is 16.9 Å². The first-order chi connectivity index (χ1) is 14.1. The fourth-order valence-electron chi connectivity index (χ4n) is 4.95. The molecule has 2 amide bonds. The summed E-state index contributed by atoms with van der Waals surface area (Å²) in [5.74, 6) is 1.17. The van der Waals surface area contributed by atoms with E-state index in [1.165, 1.54) is 0 Å². The van der Waals surface area contributed by atoms with Gasteiger partial charge in [0.2, 0.25) is 11.8 Å². The van der Waals surface area contributed by atoms with Gasteiger partial charge in [0.25, 0.3) is 0 Å². The number of hydrogen-bond acceptors (Lipinski definition) is 6. The maximum absolute atomic E-state index is 13.2. The van der Waals surface area contributed by atoms with Gasteiger partial charge in [-0.05, 0) is 43.1 Å². The van der Waals surface area contributed by atoms with E-state index in [-0.39, 0.29) is 28.9 Å². The number of hydroxylamine groups is 2. The van der Waals surface area contributed by atoms with Crippen molar-refractivity contribution in [2.75, 3.05) is 13.1 Å². The Labute approximate surface area is 169 Å². The number of nitrogens with zero attached hydrogens (tertiary/aromatic N) is 4. The van der Waals surface area contributed by atoms with Crippen LogP contribution in [0.25, 0.3) is 0 Å². The van der Waals surface area contributed by atoms with Gasteiger partial charge < -0.3 is 15.1 Å². The van der Waals surface area contributed by atoms with Crippen LogP contribution >= 0.6 is 0 Å². The van der Waals surface area contributed by atoms with E-state index >= 15 is 0 Å². The lowest BCUT2D eigenvalue weighted by molar-refractivity contribution is -0.153. The second-order valence-electron chi connectivity index (χ2n) is 9.05. The Morgan fingerprint density at radius 2 is 1.97 bits per heavy atom. The monoisotopic (exact) mass is 395 g/mol. The first-order valence-corrected chi connectivity index (χ1v) is 10.4. The van der Waals surface area contributed by atoms with E-state index in [1.807, 2.05) is 35.2 Å². The van der Waals surface area contributed by atoms with Crippen LogP contribution in [0.1, 0.15) is 55.5 Å². The Morgan fingerprint density at radius 1 is 1.17 bits per heavy atom. The summed E-state index contributed by atoms with van der Waals surface area (Å²) in [6, 6.07) is 9.76. The summed E-state index contributed by atoms with van der Waals surface area (Å²) in [7, 11) is 0. The van der Waals surface area contributed by atoms with Crippen molar-refractivity contribution in [2.24, 2.45) is 11.1 Å². The number of hydrogen-bond donors (Lipinski definition) is 1. The molecular formula is C21H25N5O3. The molecule has 2 aliphatic carbocycles. The van der Waals surface area contributed by atoms with Crippen molar-refractivity contribution in [3.05, 3.63) is 47.7 Å². The molecule has 2 aliphatic heterocycles. The molecule has 2 atom stereocenters. The Bertz CT molecular complexity index is 937. The zero-order chi connectivity index (χ0) is 19.6. The van der Waals surface area contributed by atoms with E-state index in [2.05, 4.69) is 10.2 Å². The van der Waals surface area contributed by atoms with Crippen LogP contribution in [-0.4, -0.2) is 45.3 Å². The van der Waals surface area contributed by atoms with Gasteiger partial charge in [-0.15, -0.1) is 10.2 Å². The van der Waals surface area contributed by atoms with Crippen LogP contribution in [0, 0.1) is 5.41 Å². The van der Waals surface area contributed by atoms with Gasteiger partial charge in [0.1, 0.15) is 12.6 Å². The number of carbonyl (C=O) groups excluding carboxylic acids is 1. The minimum Gasteiger partial charge on any atom is -0.422 e. The van der Waals surface area contributed by atoms with Gasteiger partial charge in [-0.3, -0.25) is 4.84 Å². The quantitative estimate of drug-likeness (QED) is 0.807. The van der Waals surface area contributed by atoms with Crippen molar-refractivity contribution in [1.29, 1.82) is 0 Å².